The summed E-state index contributed by atoms with van der Waals surface area (Å²) in [6.07, 6.45) is 0. The molecule has 0 radical (unpaired) electrons. The molecule has 138 valence electrons. The number of halogens is 1. The Morgan fingerprint density at radius 2 is 1.85 bits per heavy atom. The summed E-state index contributed by atoms with van der Waals surface area (Å²) in [7, 11) is 2.80. The molecule has 9 heteroatoms. The summed E-state index contributed by atoms with van der Waals surface area (Å²) >= 11 is 5.89. The smallest absolute Gasteiger partial charge is 0.351 e. The van der Waals surface area contributed by atoms with E-state index in [2.05, 4.69) is 10.4 Å². The minimum atomic E-state index is -0.802. The SMILES string of the molecule is COc1ccc(-n2nc(C(=O)Nc3cccc(Cl)c3)c(=O)n(C)c2=O)cc1. The van der Waals surface area contributed by atoms with Crippen LogP contribution in [0.4, 0.5) is 5.69 Å². The van der Waals surface area contributed by atoms with Gasteiger partial charge in [-0.25, -0.2) is 4.79 Å². The second-order valence-corrected chi connectivity index (χ2v) is 6.01. The van der Waals surface area contributed by atoms with Crippen molar-refractivity contribution in [3.8, 4) is 11.4 Å². The van der Waals surface area contributed by atoms with E-state index in [0.717, 1.165) is 9.25 Å². The topological polar surface area (TPSA) is 95.2 Å². The summed E-state index contributed by atoms with van der Waals surface area (Å²) in [6, 6.07) is 12.9. The van der Waals surface area contributed by atoms with Crippen LogP contribution in [0.15, 0.2) is 58.1 Å². The number of methoxy groups -OCH3 is 1. The van der Waals surface area contributed by atoms with E-state index >= 15 is 0 Å². The van der Waals surface area contributed by atoms with E-state index in [0.29, 0.717) is 22.1 Å². The highest BCUT2D eigenvalue weighted by molar-refractivity contribution is 6.30. The lowest BCUT2D eigenvalue weighted by Crippen LogP contribution is -2.43. The highest BCUT2D eigenvalue weighted by Gasteiger charge is 2.19. The molecule has 1 amide bonds. The first-order valence-corrected chi connectivity index (χ1v) is 8.20. The Hall–Kier alpha value is -3.39. The van der Waals surface area contributed by atoms with Crippen LogP contribution in [0.25, 0.3) is 5.69 Å². The lowest BCUT2D eigenvalue weighted by atomic mass is 10.3. The molecule has 0 fully saturated rings. The molecule has 3 rings (SSSR count). The van der Waals surface area contributed by atoms with E-state index in [1.54, 1.807) is 42.5 Å². The predicted molar refractivity (Wildman–Crippen MR) is 101 cm³/mol. The molecule has 2 aromatic carbocycles. The fourth-order valence-electron chi connectivity index (χ4n) is 2.36. The van der Waals surface area contributed by atoms with Crippen LogP contribution in [0.1, 0.15) is 10.5 Å². The first-order valence-electron chi connectivity index (χ1n) is 7.82. The van der Waals surface area contributed by atoms with Gasteiger partial charge in [0.15, 0.2) is 0 Å². The van der Waals surface area contributed by atoms with Gasteiger partial charge in [-0.15, -0.1) is 0 Å². The number of carbonyl (C=O) groups excluding carboxylic acids is 1. The molecule has 0 aliphatic heterocycles. The van der Waals surface area contributed by atoms with Gasteiger partial charge in [0.2, 0.25) is 5.69 Å². The molecule has 1 N–H and O–H groups in total. The van der Waals surface area contributed by atoms with E-state index in [1.165, 1.54) is 20.2 Å². The zero-order valence-corrected chi connectivity index (χ0v) is 15.2. The summed E-state index contributed by atoms with van der Waals surface area (Å²) < 4.78 is 6.88. The first-order chi connectivity index (χ1) is 12.9. The lowest BCUT2D eigenvalue weighted by Gasteiger charge is -2.10. The number of anilines is 1. The quantitative estimate of drug-likeness (QED) is 0.738. The maximum atomic E-state index is 12.5. The number of hydrogen-bond donors (Lipinski definition) is 1. The molecule has 0 bridgehead atoms. The maximum Gasteiger partial charge on any atom is 0.351 e. The molecule has 1 aromatic heterocycles. The van der Waals surface area contributed by atoms with Gasteiger partial charge in [-0.1, -0.05) is 17.7 Å². The third kappa shape index (κ3) is 3.75. The number of nitrogens with zero attached hydrogens (tertiary/aromatic N) is 3. The molecule has 0 aliphatic carbocycles. The van der Waals surface area contributed by atoms with Crippen molar-refractivity contribution in [1.82, 2.24) is 14.3 Å². The summed E-state index contributed by atoms with van der Waals surface area (Å²) in [6.45, 7) is 0. The minimum Gasteiger partial charge on any atom is -0.497 e. The van der Waals surface area contributed by atoms with Gasteiger partial charge < -0.3 is 10.1 Å². The molecule has 0 spiro atoms. The molecule has 0 atom stereocenters. The monoisotopic (exact) mass is 386 g/mol. The number of aromatic nitrogens is 3. The predicted octanol–water partition coefficient (Wildman–Crippen LogP) is 1.85. The summed E-state index contributed by atoms with van der Waals surface area (Å²) in [5, 5.41) is 6.94. The van der Waals surface area contributed by atoms with Gasteiger partial charge in [0.25, 0.3) is 11.5 Å². The van der Waals surface area contributed by atoms with Crippen LogP contribution in [0.5, 0.6) is 5.75 Å². The number of hydrogen-bond acceptors (Lipinski definition) is 5. The van der Waals surface area contributed by atoms with Gasteiger partial charge in [-0.3, -0.25) is 14.2 Å². The van der Waals surface area contributed by atoms with Crippen molar-refractivity contribution in [3.63, 3.8) is 0 Å². The molecule has 8 nitrogen and oxygen atoms in total. The van der Waals surface area contributed by atoms with Crippen LogP contribution >= 0.6 is 11.6 Å². The van der Waals surface area contributed by atoms with Crippen molar-refractivity contribution < 1.29 is 9.53 Å². The van der Waals surface area contributed by atoms with E-state index in [4.69, 9.17) is 16.3 Å². The second-order valence-electron chi connectivity index (χ2n) is 5.57. The maximum absolute atomic E-state index is 12.5. The molecule has 1 heterocycles. The van der Waals surface area contributed by atoms with Gasteiger partial charge in [-0.2, -0.15) is 9.78 Å². The van der Waals surface area contributed by atoms with Gasteiger partial charge in [0.05, 0.1) is 12.8 Å². The molecular formula is C18H15ClN4O4. The fraction of sp³-hybridized carbons (Fsp3) is 0.111. The van der Waals surface area contributed by atoms with E-state index in [9.17, 15) is 14.4 Å². The van der Waals surface area contributed by atoms with Crippen LogP contribution in [-0.2, 0) is 7.05 Å². The molecule has 0 saturated carbocycles. The molecular weight excluding hydrogens is 372 g/mol. The van der Waals surface area contributed by atoms with E-state index < -0.39 is 22.9 Å². The van der Waals surface area contributed by atoms with Crippen molar-refractivity contribution in [3.05, 3.63) is 80.1 Å². The third-order valence-electron chi connectivity index (χ3n) is 3.79. The number of rotatable bonds is 4. The largest absolute Gasteiger partial charge is 0.497 e. The summed E-state index contributed by atoms with van der Waals surface area (Å²) in [5.74, 6) is -0.157. The standard InChI is InChI=1S/C18H15ClN4O4/c1-22-17(25)15(16(24)20-12-5-3-4-11(19)10-12)21-23(18(22)26)13-6-8-14(27-2)9-7-13/h3-10H,1-2H3,(H,20,24). The van der Waals surface area contributed by atoms with Crippen molar-refractivity contribution >= 4 is 23.2 Å². The Bertz CT molecular complexity index is 1120. The fourth-order valence-corrected chi connectivity index (χ4v) is 2.55. The average Bonchev–Trinajstić information content (AvgIpc) is 2.66. The zero-order chi connectivity index (χ0) is 19.6. The molecule has 0 saturated heterocycles. The Balaban J connectivity index is 2.05. The molecule has 3 aromatic rings. The lowest BCUT2D eigenvalue weighted by molar-refractivity contribution is 0.101. The number of carbonyl (C=O) groups is 1. The first kappa shape index (κ1) is 18.4. The van der Waals surface area contributed by atoms with Crippen LogP contribution < -0.4 is 21.3 Å². The van der Waals surface area contributed by atoms with Gasteiger partial charge in [0.1, 0.15) is 5.75 Å². The normalized spacial score (nSPS) is 10.5. The Morgan fingerprint density at radius 1 is 1.15 bits per heavy atom. The second kappa shape index (κ2) is 7.46. The van der Waals surface area contributed by atoms with E-state index in [-0.39, 0.29) is 0 Å². The summed E-state index contributed by atoms with van der Waals surface area (Å²) in [4.78, 5) is 37.3. The molecule has 27 heavy (non-hydrogen) atoms. The number of nitrogens with one attached hydrogen (secondary N) is 1. The minimum absolute atomic E-state index is 0.383. The highest BCUT2D eigenvalue weighted by Crippen LogP contribution is 2.15. The van der Waals surface area contributed by atoms with Crippen molar-refractivity contribution in [2.75, 3.05) is 12.4 Å². The highest BCUT2D eigenvalue weighted by atomic mass is 35.5. The van der Waals surface area contributed by atoms with Crippen molar-refractivity contribution in [1.29, 1.82) is 0 Å². The molecule has 0 unspecified atom stereocenters. The van der Waals surface area contributed by atoms with Gasteiger partial charge in [0, 0.05) is 17.8 Å². The Labute approximate surface area is 158 Å². The number of ether oxygens (including phenoxy) is 1. The van der Waals surface area contributed by atoms with Crippen LogP contribution in [0, 0.1) is 0 Å². The van der Waals surface area contributed by atoms with Crippen LogP contribution in [0.3, 0.4) is 0 Å². The van der Waals surface area contributed by atoms with Crippen LogP contribution in [0.2, 0.25) is 5.02 Å². The van der Waals surface area contributed by atoms with Crippen LogP contribution in [-0.4, -0.2) is 27.4 Å². The number of benzene rings is 2. The Kier molecular flexibility index (Phi) is 5.09. The third-order valence-corrected chi connectivity index (χ3v) is 4.02. The van der Waals surface area contributed by atoms with Gasteiger partial charge in [-0.05, 0) is 42.5 Å². The average molecular weight is 387 g/mol. The molecule has 0 aliphatic rings. The summed E-state index contributed by atoms with van der Waals surface area (Å²) in [5.41, 5.74) is -1.12. The van der Waals surface area contributed by atoms with Crippen molar-refractivity contribution in [2.45, 2.75) is 0 Å². The van der Waals surface area contributed by atoms with Gasteiger partial charge >= 0.3 is 5.69 Å². The van der Waals surface area contributed by atoms with Crippen molar-refractivity contribution in [2.24, 2.45) is 7.05 Å². The zero-order valence-electron chi connectivity index (χ0n) is 14.5. The van der Waals surface area contributed by atoms with E-state index in [1.807, 2.05) is 0 Å². The Morgan fingerprint density at radius 3 is 2.48 bits per heavy atom. The number of amides is 1.